The van der Waals surface area contributed by atoms with E-state index in [4.69, 9.17) is 5.21 Å². The van der Waals surface area contributed by atoms with Crippen molar-refractivity contribution in [2.75, 3.05) is 0 Å². The maximum atomic E-state index is 12.8. The standard InChI is InChI=1S/C7H5BrFNO/c8-6-2-1-5(4-10-11)7(9)3-6/h1-4,11H/b10-4-. The summed E-state index contributed by atoms with van der Waals surface area (Å²) in [5.74, 6) is -0.419. The van der Waals surface area contributed by atoms with E-state index in [9.17, 15) is 4.39 Å². The second-order valence-corrected chi connectivity index (χ2v) is 2.83. The summed E-state index contributed by atoms with van der Waals surface area (Å²) < 4.78 is 13.5. The molecule has 0 bridgehead atoms. The SMILES string of the molecule is O/N=C\c1ccc(Br)cc1F. The van der Waals surface area contributed by atoms with Gasteiger partial charge in [0, 0.05) is 10.0 Å². The third-order valence-corrected chi connectivity index (χ3v) is 1.65. The maximum absolute atomic E-state index is 12.8. The molecule has 2 nitrogen and oxygen atoms in total. The first kappa shape index (κ1) is 8.20. The van der Waals surface area contributed by atoms with Crippen LogP contribution in [0.15, 0.2) is 27.8 Å². The molecule has 1 rings (SSSR count). The summed E-state index contributed by atoms with van der Waals surface area (Å²) in [4.78, 5) is 0. The van der Waals surface area contributed by atoms with E-state index in [1.165, 1.54) is 12.1 Å². The predicted octanol–water partition coefficient (Wildman–Crippen LogP) is 2.40. The van der Waals surface area contributed by atoms with E-state index < -0.39 is 5.82 Å². The third kappa shape index (κ3) is 2.01. The van der Waals surface area contributed by atoms with Gasteiger partial charge in [-0.15, -0.1) is 0 Å². The van der Waals surface area contributed by atoms with E-state index in [0.717, 1.165) is 6.21 Å². The molecule has 0 aliphatic rings. The van der Waals surface area contributed by atoms with E-state index >= 15 is 0 Å². The van der Waals surface area contributed by atoms with E-state index in [1.807, 2.05) is 0 Å². The van der Waals surface area contributed by atoms with Crippen molar-refractivity contribution in [2.45, 2.75) is 0 Å². The number of rotatable bonds is 1. The number of benzene rings is 1. The van der Waals surface area contributed by atoms with Gasteiger partial charge in [-0.1, -0.05) is 21.1 Å². The molecule has 0 spiro atoms. The first-order valence-corrected chi connectivity index (χ1v) is 3.66. The van der Waals surface area contributed by atoms with Crippen molar-refractivity contribution in [3.63, 3.8) is 0 Å². The number of hydrogen-bond donors (Lipinski definition) is 1. The third-order valence-electron chi connectivity index (χ3n) is 1.16. The minimum Gasteiger partial charge on any atom is -0.411 e. The Morgan fingerprint density at radius 2 is 2.27 bits per heavy atom. The molecule has 0 atom stereocenters. The van der Waals surface area contributed by atoms with E-state index in [1.54, 1.807) is 6.07 Å². The molecule has 4 heteroatoms. The van der Waals surface area contributed by atoms with Gasteiger partial charge < -0.3 is 5.21 Å². The fraction of sp³-hybridized carbons (Fsp3) is 0. The smallest absolute Gasteiger partial charge is 0.133 e. The van der Waals surface area contributed by atoms with E-state index in [2.05, 4.69) is 21.1 Å². The Morgan fingerprint density at radius 1 is 1.55 bits per heavy atom. The Balaban J connectivity index is 3.09. The monoisotopic (exact) mass is 217 g/mol. The van der Waals surface area contributed by atoms with Gasteiger partial charge in [-0.25, -0.2) is 4.39 Å². The molecule has 0 heterocycles. The summed E-state index contributed by atoms with van der Waals surface area (Å²) in [6, 6.07) is 4.48. The van der Waals surface area contributed by atoms with Crippen molar-refractivity contribution in [1.29, 1.82) is 0 Å². The zero-order chi connectivity index (χ0) is 8.27. The van der Waals surface area contributed by atoms with Crippen molar-refractivity contribution >= 4 is 22.1 Å². The summed E-state index contributed by atoms with van der Waals surface area (Å²) in [7, 11) is 0. The van der Waals surface area contributed by atoms with Crippen LogP contribution in [0.25, 0.3) is 0 Å². The van der Waals surface area contributed by atoms with Gasteiger partial charge >= 0.3 is 0 Å². The van der Waals surface area contributed by atoms with Gasteiger partial charge in [0.1, 0.15) is 5.82 Å². The minimum absolute atomic E-state index is 0.260. The predicted molar refractivity (Wildman–Crippen MR) is 43.5 cm³/mol. The fourth-order valence-electron chi connectivity index (χ4n) is 0.668. The van der Waals surface area contributed by atoms with Crippen LogP contribution >= 0.6 is 15.9 Å². The average Bonchev–Trinajstić information content (AvgIpc) is 1.95. The average molecular weight is 218 g/mol. The van der Waals surface area contributed by atoms with Crippen molar-refractivity contribution in [3.05, 3.63) is 34.1 Å². The molecule has 0 aliphatic carbocycles. The number of halogens is 2. The Morgan fingerprint density at radius 3 is 2.82 bits per heavy atom. The van der Waals surface area contributed by atoms with Crippen LogP contribution in [0.4, 0.5) is 4.39 Å². The molecule has 0 fully saturated rings. The molecular formula is C7H5BrFNO. The van der Waals surface area contributed by atoms with Crippen LogP contribution in [0.2, 0.25) is 0 Å². The van der Waals surface area contributed by atoms with Crippen LogP contribution < -0.4 is 0 Å². The topological polar surface area (TPSA) is 32.6 Å². The highest BCUT2D eigenvalue weighted by Crippen LogP contribution is 2.13. The molecule has 1 N–H and O–H groups in total. The molecule has 1 aromatic carbocycles. The first-order valence-electron chi connectivity index (χ1n) is 2.86. The van der Waals surface area contributed by atoms with Gasteiger partial charge in [0.25, 0.3) is 0 Å². The maximum Gasteiger partial charge on any atom is 0.133 e. The Bertz CT molecular complexity index is 288. The highest BCUT2D eigenvalue weighted by atomic mass is 79.9. The van der Waals surface area contributed by atoms with Crippen LogP contribution in [-0.2, 0) is 0 Å². The van der Waals surface area contributed by atoms with Crippen LogP contribution in [0, 0.1) is 5.82 Å². The van der Waals surface area contributed by atoms with Gasteiger partial charge in [0.2, 0.25) is 0 Å². The summed E-state index contributed by atoms with van der Waals surface area (Å²) in [5, 5.41) is 10.8. The highest BCUT2D eigenvalue weighted by Gasteiger charge is 1.98. The molecule has 0 unspecified atom stereocenters. The quantitative estimate of drug-likeness (QED) is 0.438. The van der Waals surface area contributed by atoms with Gasteiger partial charge in [0.05, 0.1) is 6.21 Å². The van der Waals surface area contributed by atoms with Gasteiger partial charge in [0.15, 0.2) is 0 Å². The van der Waals surface area contributed by atoms with Crippen LogP contribution in [0.5, 0.6) is 0 Å². The zero-order valence-electron chi connectivity index (χ0n) is 5.46. The van der Waals surface area contributed by atoms with Crippen molar-refractivity contribution in [3.8, 4) is 0 Å². The van der Waals surface area contributed by atoms with Gasteiger partial charge in [-0.2, -0.15) is 0 Å². The lowest BCUT2D eigenvalue weighted by Gasteiger charge is -1.94. The van der Waals surface area contributed by atoms with Crippen LogP contribution in [0.1, 0.15) is 5.56 Å². The Hall–Kier alpha value is -0.900. The molecule has 1 aromatic rings. The number of oxime groups is 1. The molecule has 0 saturated heterocycles. The van der Waals surface area contributed by atoms with Gasteiger partial charge in [-0.3, -0.25) is 0 Å². The summed E-state index contributed by atoms with van der Waals surface area (Å²) >= 11 is 3.10. The van der Waals surface area contributed by atoms with Crippen LogP contribution in [0.3, 0.4) is 0 Å². The summed E-state index contributed by atoms with van der Waals surface area (Å²) in [6.45, 7) is 0. The van der Waals surface area contributed by atoms with Crippen molar-refractivity contribution < 1.29 is 9.60 Å². The largest absolute Gasteiger partial charge is 0.411 e. The molecule has 58 valence electrons. The second kappa shape index (κ2) is 3.48. The first-order chi connectivity index (χ1) is 5.24. The molecule has 0 aliphatic heterocycles. The Kier molecular flexibility index (Phi) is 2.59. The van der Waals surface area contributed by atoms with Crippen molar-refractivity contribution in [1.82, 2.24) is 0 Å². The molecule has 0 amide bonds. The second-order valence-electron chi connectivity index (χ2n) is 1.91. The molecule has 0 radical (unpaired) electrons. The fourth-order valence-corrected chi connectivity index (χ4v) is 1.00. The molecular weight excluding hydrogens is 213 g/mol. The van der Waals surface area contributed by atoms with E-state index in [-0.39, 0.29) is 5.56 Å². The zero-order valence-corrected chi connectivity index (χ0v) is 7.05. The lowest BCUT2D eigenvalue weighted by atomic mass is 10.2. The normalized spacial score (nSPS) is 10.7. The van der Waals surface area contributed by atoms with Gasteiger partial charge in [-0.05, 0) is 18.2 Å². The lowest BCUT2D eigenvalue weighted by molar-refractivity contribution is 0.321. The molecule has 0 saturated carbocycles. The lowest BCUT2D eigenvalue weighted by Crippen LogP contribution is -1.86. The summed E-state index contributed by atoms with van der Waals surface area (Å²) in [6.07, 6.45) is 1.04. The number of hydrogen-bond acceptors (Lipinski definition) is 2. The Labute approximate surface area is 71.5 Å². The van der Waals surface area contributed by atoms with Crippen LogP contribution in [-0.4, -0.2) is 11.4 Å². The highest BCUT2D eigenvalue weighted by molar-refractivity contribution is 9.10. The number of nitrogens with zero attached hydrogens (tertiary/aromatic N) is 1. The molecule has 0 aromatic heterocycles. The van der Waals surface area contributed by atoms with E-state index in [0.29, 0.717) is 4.47 Å². The van der Waals surface area contributed by atoms with Crippen molar-refractivity contribution in [2.24, 2.45) is 5.16 Å². The summed E-state index contributed by atoms with van der Waals surface area (Å²) in [5.41, 5.74) is 0.260. The molecule has 11 heavy (non-hydrogen) atoms. The minimum atomic E-state index is -0.419.